The molecule has 0 amide bonds. The number of aromatic carboxylic acids is 1. The van der Waals surface area contributed by atoms with Crippen LogP contribution in [0.15, 0.2) is 12.1 Å². The van der Waals surface area contributed by atoms with E-state index < -0.39 is 40.6 Å². The maximum absolute atomic E-state index is 12.5. The monoisotopic (exact) mass is 286 g/mol. The highest BCUT2D eigenvalue weighted by Crippen LogP contribution is 2.38. The van der Waals surface area contributed by atoms with E-state index in [-0.39, 0.29) is 18.4 Å². The molecular formula is C10H4F6O3. The van der Waals surface area contributed by atoms with Gasteiger partial charge in [0.05, 0.1) is 16.7 Å². The van der Waals surface area contributed by atoms with Crippen molar-refractivity contribution < 1.29 is 41.0 Å². The number of hydrogen-bond acceptors (Lipinski definition) is 2. The van der Waals surface area contributed by atoms with Gasteiger partial charge >= 0.3 is 18.3 Å². The number of hydrogen-bond donors (Lipinski definition) is 1. The highest BCUT2D eigenvalue weighted by atomic mass is 19.4. The molecule has 0 aromatic heterocycles. The first kappa shape index (κ1) is 15.0. The molecule has 1 aromatic carbocycles. The molecule has 0 saturated heterocycles. The molecule has 0 saturated carbocycles. The SMILES string of the molecule is O=Cc1cc(C(=O)O)c(C(F)(F)F)cc1C(F)(F)F. The Morgan fingerprint density at radius 2 is 1.47 bits per heavy atom. The molecule has 0 atom stereocenters. The number of carboxylic acids is 1. The Morgan fingerprint density at radius 1 is 1.00 bits per heavy atom. The molecule has 0 bridgehead atoms. The molecular weight excluding hydrogens is 282 g/mol. The zero-order valence-corrected chi connectivity index (χ0v) is 8.76. The molecule has 9 heteroatoms. The van der Waals surface area contributed by atoms with Crippen LogP contribution in [0.25, 0.3) is 0 Å². The van der Waals surface area contributed by atoms with Crippen molar-refractivity contribution >= 4 is 12.3 Å². The summed E-state index contributed by atoms with van der Waals surface area (Å²) in [6.45, 7) is 0. The lowest BCUT2D eigenvalue weighted by Gasteiger charge is -2.15. The van der Waals surface area contributed by atoms with Crippen molar-refractivity contribution in [3.05, 3.63) is 34.4 Å². The minimum absolute atomic E-state index is 0.0565. The molecule has 1 aromatic rings. The highest BCUT2D eigenvalue weighted by Gasteiger charge is 2.41. The summed E-state index contributed by atoms with van der Waals surface area (Å²) >= 11 is 0. The lowest BCUT2D eigenvalue weighted by molar-refractivity contribution is -0.143. The smallest absolute Gasteiger partial charge is 0.417 e. The molecule has 3 nitrogen and oxygen atoms in total. The van der Waals surface area contributed by atoms with E-state index >= 15 is 0 Å². The van der Waals surface area contributed by atoms with Crippen molar-refractivity contribution in [2.75, 3.05) is 0 Å². The third-order valence-corrected chi connectivity index (χ3v) is 2.16. The van der Waals surface area contributed by atoms with Crippen molar-refractivity contribution in [3.63, 3.8) is 0 Å². The Balaban J connectivity index is 3.72. The van der Waals surface area contributed by atoms with Crippen LogP contribution in [0.2, 0.25) is 0 Å². The summed E-state index contributed by atoms with van der Waals surface area (Å²) in [4.78, 5) is 21.0. The van der Waals surface area contributed by atoms with Gasteiger partial charge in [0.25, 0.3) is 0 Å². The number of halogens is 6. The third-order valence-electron chi connectivity index (χ3n) is 2.16. The van der Waals surface area contributed by atoms with Gasteiger partial charge in [0.15, 0.2) is 6.29 Å². The van der Waals surface area contributed by atoms with E-state index in [2.05, 4.69) is 0 Å². The van der Waals surface area contributed by atoms with Gasteiger partial charge in [0.2, 0.25) is 0 Å². The maximum atomic E-state index is 12.5. The van der Waals surface area contributed by atoms with Gasteiger partial charge in [-0.25, -0.2) is 4.79 Å². The second kappa shape index (κ2) is 4.56. The Bertz CT molecular complexity index is 529. The highest BCUT2D eigenvalue weighted by molar-refractivity contribution is 5.93. The van der Waals surface area contributed by atoms with Gasteiger partial charge in [0.1, 0.15) is 0 Å². The Labute approximate surface area is 101 Å². The second-order valence-corrected chi connectivity index (χ2v) is 3.40. The largest absolute Gasteiger partial charge is 0.478 e. The summed E-state index contributed by atoms with van der Waals surface area (Å²) in [6, 6.07) is -0.325. The van der Waals surface area contributed by atoms with Gasteiger partial charge in [0, 0.05) is 5.56 Å². The minimum Gasteiger partial charge on any atom is -0.478 e. The van der Waals surface area contributed by atoms with Gasteiger partial charge in [-0.3, -0.25) is 4.79 Å². The van der Waals surface area contributed by atoms with Crippen LogP contribution in [0.3, 0.4) is 0 Å². The van der Waals surface area contributed by atoms with Crippen LogP contribution in [0.5, 0.6) is 0 Å². The quantitative estimate of drug-likeness (QED) is 0.670. The van der Waals surface area contributed by atoms with Gasteiger partial charge in [-0.1, -0.05) is 0 Å². The molecule has 0 spiro atoms. The predicted octanol–water partition coefficient (Wildman–Crippen LogP) is 3.23. The third kappa shape index (κ3) is 3.04. The molecule has 1 N–H and O–H groups in total. The molecule has 0 aliphatic heterocycles. The van der Waals surface area contributed by atoms with E-state index in [0.717, 1.165) is 0 Å². The van der Waals surface area contributed by atoms with Crippen molar-refractivity contribution in [1.29, 1.82) is 0 Å². The Hall–Kier alpha value is -2.06. The fourth-order valence-electron chi connectivity index (χ4n) is 1.37. The Morgan fingerprint density at radius 3 is 1.79 bits per heavy atom. The van der Waals surface area contributed by atoms with Gasteiger partial charge in [-0.2, -0.15) is 26.3 Å². The fraction of sp³-hybridized carbons (Fsp3) is 0.200. The van der Waals surface area contributed by atoms with E-state index in [1.54, 1.807) is 0 Å². The van der Waals surface area contributed by atoms with Crippen molar-refractivity contribution in [3.8, 4) is 0 Å². The van der Waals surface area contributed by atoms with Crippen LogP contribution >= 0.6 is 0 Å². The average Bonchev–Trinajstić information content (AvgIpc) is 2.24. The minimum atomic E-state index is -5.28. The number of rotatable bonds is 2. The molecule has 0 heterocycles. The lowest BCUT2D eigenvalue weighted by atomic mass is 9.98. The summed E-state index contributed by atoms with van der Waals surface area (Å²) < 4.78 is 74.9. The summed E-state index contributed by atoms with van der Waals surface area (Å²) in [5.41, 5.74) is -6.38. The van der Waals surface area contributed by atoms with Crippen LogP contribution in [0.1, 0.15) is 31.8 Å². The summed E-state index contributed by atoms with van der Waals surface area (Å²) in [6.07, 6.45) is -10.8. The van der Waals surface area contributed by atoms with Crippen molar-refractivity contribution in [1.82, 2.24) is 0 Å². The normalized spacial score (nSPS) is 12.3. The fourth-order valence-corrected chi connectivity index (χ4v) is 1.37. The van der Waals surface area contributed by atoms with Crippen LogP contribution < -0.4 is 0 Å². The summed E-state index contributed by atoms with van der Waals surface area (Å²) in [5.74, 6) is -2.08. The van der Waals surface area contributed by atoms with Crippen molar-refractivity contribution in [2.24, 2.45) is 0 Å². The van der Waals surface area contributed by atoms with Crippen molar-refractivity contribution in [2.45, 2.75) is 12.4 Å². The van der Waals surface area contributed by atoms with E-state index in [0.29, 0.717) is 0 Å². The maximum Gasteiger partial charge on any atom is 0.417 e. The van der Waals surface area contributed by atoms with Crippen LogP contribution in [-0.2, 0) is 12.4 Å². The van der Waals surface area contributed by atoms with E-state index in [4.69, 9.17) is 5.11 Å². The van der Waals surface area contributed by atoms with E-state index in [9.17, 15) is 35.9 Å². The summed E-state index contributed by atoms with van der Waals surface area (Å²) in [7, 11) is 0. The number of alkyl halides is 6. The molecule has 0 aliphatic rings. The van der Waals surface area contributed by atoms with Crippen LogP contribution in [-0.4, -0.2) is 17.4 Å². The molecule has 19 heavy (non-hydrogen) atoms. The predicted molar refractivity (Wildman–Crippen MR) is 48.8 cm³/mol. The first-order valence-electron chi connectivity index (χ1n) is 4.49. The van der Waals surface area contributed by atoms with Gasteiger partial charge in [-0.05, 0) is 12.1 Å². The van der Waals surface area contributed by atoms with Gasteiger partial charge in [-0.15, -0.1) is 0 Å². The van der Waals surface area contributed by atoms with E-state index in [1.807, 2.05) is 0 Å². The molecule has 0 aliphatic carbocycles. The lowest BCUT2D eigenvalue weighted by Crippen LogP contribution is -2.18. The molecule has 104 valence electrons. The average molecular weight is 286 g/mol. The Kier molecular flexibility index (Phi) is 3.60. The van der Waals surface area contributed by atoms with E-state index in [1.165, 1.54) is 0 Å². The molecule has 0 fully saturated rings. The van der Waals surface area contributed by atoms with Gasteiger partial charge < -0.3 is 5.11 Å². The zero-order valence-electron chi connectivity index (χ0n) is 8.76. The first-order chi connectivity index (χ1) is 8.48. The number of carboxylic acid groups (broad SMARTS) is 1. The molecule has 1 rings (SSSR count). The van der Waals surface area contributed by atoms with Crippen LogP contribution in [0.4, 0.5) is 26.3 Å². The van der Waals surface area contributed by atoms with Crippen LogP contribution in [0, 0.1) is 0 Å². The number of aldehydes is 1. The first-order valence-corrected chi connectivity index (χ1v) is 4.49. The topological polar surface area (TPSA) is 54.4 Å². The number of benzene rings is 1. The molecule has 0 radical (unpaired) electrons. The molecule has 0 unspecified atom stereocenters. The second-order valence-electron chi connectivity index (χ2n) is 3.40. The summed E-state index contributed by atoms with van der Waals surface area (Å²) in [5, 5.41) is 8.55. The standard InChI is InChI=1S/C10H4F6O3/c11-9(12,13)6-2-7(10(14,15)16)5(8(18)19)1-4(6)3-17/h1-3H,(H,18,19). The number of carbonyl (C=O) groups excluding carboxylic acids is 1. The number of carbonyl (C=O) groups is 2. The zero-order chi connectivity index (χ0) is 15.0.